The number of nitrogens with one attached hydrogen (secondary N) is 1. The van der Waals surface area contributed by atoms with Crippen LogP contribution in [0.15, 0.2) is 57.9 Å². The lowest BCUT2D eigenvalue weighted by Gasteiger charge is -2.31. The van der Waals surface area contributed by atoms with Gasteiger partial charge in [-0.15, -0.1) is 0 Å². The predicted molar refractivity (Wildman–Crippen MR) is 133 cm³/mol. The number of carbonyl (C=O) groups is 1. The summed E-state index contributed by atoms with van der Waals surface area (Å²) in [4.78, 5) is 13.0. The summed E-state index contributed by atoms with van der Waals surface area (Å²) in [5.41, 5.74) is 4.06. The van der Waals surface area contributed by atoms with Crippen molar-refractivity contribution in [2.75, 3.05) is 18.4 Å². The van der Waals surface area contributed by atoms with Gasteiger partial charge in [0, 0.05) is 18.8 Å². The van der Waals surface area contributed by atoms with Crippen molar-refractivity contribution in [1.82, 2.24) is 9.46 Å². The lowest BCUT2D eigenvalue weighted by molar-refractivity contribution is -0.120. The van der Waals surface area contributed by atoms with Gasteiger partial charge in [0.2, 0.25) is 15.9 Å². The number of anilines is 1. The maximum absolute atomic E-state index is 13.6. The smallest absolute Gasteiger partial charge is 0.248 e. The van der Waals surface area contributed by atoms with Gasteiger partial charge in [-0.05, 0) is 68.5 Å². The molecule has 1 aliphatic heterocycles. The Labute approximate surface area is 200 Å². The second-order valence-corrected chi connectivity index (χ2v) is 10.6. The molecule has 1 aromatic heterocycles. The van der Waals surface area contributed by atoms with Crippen LogP contribution in [0.2, 0.25) is 0 Å². The van der Waals surface area contributed by atoms with Crippen molar-refractivity contribution in [3.05, 3.63) is 76.7 Å². The Morgan fingerprint density at radius 3 is 2.50 bits per heavy atom. The second kappa shape index (κ2) is 9.95. The number of aryl methyl sites for hydroxylation is 3. The minimum atomic E-state index is -3.89. The van der Waals surface area contributed by atoms with Crippen LogP contribution in [0.3, 0.4) is 0 Å². The van der Waals surface area contributed by atoms with Crippen LogP contribution in [0.1, 0.15) is 41.0 Å². The Bertz CT molecular complexity index is 1290. The van der Waals surface area contributed by atoms with Gasteiger partial charge in [0.25, 0.3) is 0 Å². The molecule has 0 aliphatic carbocycles. The molecule has 7 nitrogen and oxygen atoms in total. The molecular formula is C26H29N3O4S. The molecule has 4 rings (SSSR count). The average Bonchev–Trinajstić information content (AvgIpc) is 3.19. The summed E-state index contributed by atoms with van der Waals surface area (Å²) in [5, 5.41) is 6.86. The van der Waals surface area contributed by atoms with Crippen molar-refractivity contribution in [2.45, 2.75) is 38.5 Å². The molecular weight excluding hydrogens is 450 g/mol. The standard InChI is InChI=1S/C26H29N3O4S/c1-18-14-19(2)16-23(15-18)27-26(30)22-10-7-13-29(17-22)34(31,32)25-20(3)28-33-24(25)12-11-21-8-5-4-6-9-21/h4-6,8-9,11-12,14-16,22H,7,10,13,17H2,1-3H3,(H,27,30)/b12-11+/t22-/m1/s1. The maximum atomic E-state index is 13.6. The Morgan fingerprint density at radius 1 is 1.09 bits per heavy atom. The number of sulfonamides is 1. The number of nitrogens with zero attached hydrogens (tertiary/aromatic N) is 2. The van der Waals surface area contributed by atoms with Crippen molar-refractivity contribution >= 4 is 33.8 Å². The van der Waals surface area contributed by atoms with E-state index in [2.05, 4.69) is 10.5 Å². The first kappa shape index (κ1) is 23.9. The lowest BCUT2D eigenvalue weighted by atomic mass is 9.98. The van der Waals surface area contributed by atoms with E-state index in [4.69, 9.17) is 4.52 Å². The summed E-state index contributed by atoms with van der Waals surface area (Å²) in [6.45, 7) is 6.03. The van der Waals surface area contributed by atoms with E-state index in [1.165, 1.54) is 4.31 Å². The number of rotatable bonds is 6. The van der Waals surface area contributed by atoms with Crippen LogP contribution in [-0.2, 0) is 14.8 Å². The molecule has 3 aromatic rings. The van der Waals surface area contributed by atoms with Crippen molar-refractivity contribution < 1.29 is 17.7 Å². The highest BCUT2D eigenvalue weighted by atomic mass is 32.2. The van der Waals surface area contributed by atoms with Gasteiger partial charge in [-0.3, -0.25) is 4.79 Å². The molecule has 1 atom stereocenters. The first-order chi connectivity index (χ1) is 16.2. The molecule has 178 valence electrons. The fourth-order valence-electron chi connectivity index (χ4n) is 4.33. The van der Waals surface area contributed by atoms with Gasteiger partial charge in [-0.1, -0.05) is 47.6 Å². The zero-order valence-corrected chi connectivity index (χ0v) is 20.4. The minimum absolute atomic E-state index is 0.0510. The quantitative estimate of drug-likeness (QED) is 0.548. The molecule has 0 radical (unpaired) electrons. The monoisotopic (exact) mass is 479 g/mol. The largest absolute Gasteiger partial charge is 0.355 e. The van der Waals surface area contributed by atoms with Crippen molar-refractivity contribution in [3.8, 4) is 0 Å². The summed E-state index contributed by atoms with van der Waals surface area (Å²) in [5.74, 6) is -0.424. The summed E-state index contributed by atoms with van der Waals surface area (Å²) in [6.07, 6.45) is 4.64. The topological polar surface area (TPSA) is 92.5 Å². The third-order valence-corrected chi connectivity index (χ3v) is 7.93. The van der Waals surface area contributed by atoms with E-state index in [9.17, 15) is 13.2 Å². The molecule has 0 bridgehead atoms. The van der Waals surface area contributed by atoms with Crippen molar-refractivity contribution in [2.24, 2.45) is 5.92 Å². The van der Waals surface area contributed by atoms with Crippen molar-refractivity contribution in [3.63, 3.8) is 0 Å². The van der Waals surface area contributed by atoms with Crippen molar-refractivity contribution in [1.29, 1.82) is 0 Å². The number of benzene rings is 2. The first-order valence-corrected chi connectivity index (χ1v) is 12.8. The molecule has 1 saturated heterocycles. The summed E-state index contributed by atoms with van der Waals surface area (Å²) in [7, 11) is -3.89. The highest BCUT2D eigenvalue weighted by Gasteiger charge is 2.37. The predicted octanol–water partition coefficient (Wildman–Crippen LogP) is 4.81. The molecule has 1 fully saturated rings. The molecule has 8 heteroatoms. The average molecular weight is 480 g/mol. The molecule has 0 saturated carbocycles. The van der Waals surface area contributed by atoms with E-state index in [-0.39, 0.29) is 23.1 Å². The van der Waals surface area contributed by atoms with E-state index >= 15 is 0 Å². The number of hydrogen-bond acceptors (Lipinski definition) is 5. The van der Waals surface area contributed by atoms with Crippen LogP contribution in [0.5, 0.6) is 0 Å². The second-order valence-electron chi connectivity index (χ2n) is 8.77. The molecule has 34 heavy (non-hydrogen) atoms. The van der Waals surface area contributed by atoms with Gasteiger partial charge in [0.05, 0.1) is 5.92 Å². The number of amides is 1. The van der Waals surface area contributed by atoms with Gasteiger partial charge >= 0.3 is 0 Å². The summed E-state index contributed by atoms with van der Waals surface area (Å²) in [6, 6.07) is 15.4. The Morgan fingerprint density at radius 2 is 1.79 bits per heavy atom. The molecule has 2 aromatic carbocycles. The lowest BCUT2D eigenvalue weighted by Crippen LogP contribution is -2.43. The van der Waals surface area contributed by atoms with Crippen LogP contribution in [0.4, 0.5) is 5.69 Å². The van der Waals surface area contributed by atoms with Gasteiger partial charge in [-0.25, -0.2) is 8.42 Å². The molecule has 0 unspecified atom stereocenters. The number of hydrogen-bond donors (Lipinski definition) is 1. The van der Waals surface area contributed by atoms with E-state index in [0.29, 0.717) is 25.1 Å². The van der Waals surface area contributed by atoms with Crippen LogP contribution in [0, 0.1) is 26.7 Å². The van der Waals surface area contributed by atoms with E-state index in [1.807, 2.05) is 62.4 Å². The number of piperidine rings is 1. The van der Waals surface area contributed by atoms with E-state index in [0.717, 1.165) is 22.4 Å². The Hall–Kier alpha value is -3.23. The molecule has 0 spiro atoms. The Kier molecular flexibility index (Phi) is 7.00. The molecule has 1 N–H and O–H groups in total. The number of aromatic nitrogens is 1. The fraction of sp³-hybridized carbons (Fsp3) is 0.308. The van der Waals surface area contributed by atoms with Gasteiger partial charge in [0.1, 0.15) is 5.69 Å². The van der Waals surface area contributed by atoms with Crippen LogP contribution >= 0.6 is 0 Å². The molecule has 1 aliphatic rings. The fourth-order valence-corrected chi connectivity index (χ4v) is 6.10. The summed E-state index contributed by atoms with van der Waals surface area (Å²) >= 11 is 0. The van der Waals surface area contributed by atoms with Crippen LogP contribution < -0.4 is 5.32 Å². The third-order valence-electron chi connectivity index (χ3n) is 5.90. The first-order valence-electron chi connectivity index (χ1n) is 11.3. The zero-order valence-electron chi connectivity index (χ0n) is 19.6. The zero-order chi connectivity index (χ0) is 24.3. The van der Waals surface area contributed by atoms with Gasteiger partial charge in [0.15, 0.2) is 10.7 Å². The SMILES string of the molecule is Cc1cc(C)cc(NC(=O)[C@@H]2CCCN(S(=O)(=O)c3c(C)noc3/C=C/c3ccccc3)C2)c1. The van der Waals surface area contributed by atoms with Gasteiger partial charge < -0.3 is 9.84 Å². The maximum Gasteiger partial charge on any atom is 0.248 e. The minimum Gasteiger partial charge on any atom is -0.355 e. The van der Waals surface area contributed by atoms with E-state index < -0.39 is 15.9 Å². The highest BCUT2D eigenvalue weighted by Crippen LogP contribution is 2.30. The van der Waals surface area contributed by atoms with E-state index in [1.54, 1.807) is 19.1 Å². The van der Waals surface area contributed by atoms with Crippen LogP contribution in [-0.4, -0.2) is 36.9 Å². The van der Waals surface area contributed by atoms with Gasteiger partial charge in [-0.2, -0.15) is 4.31 Å². The summed E-state index contributed by atoms with van der Waals surface area (Å²) < 4.78 is 33.9. The highest BCUT2D eigenvalue weighted by molar-refractivity contribution is 7.89. The Balaban J connectivity index is 1.53. The van der Waals surface area contributed by atoms with Crippen LogP contribution in [0.25, 0.3) is 12.2 Å². The number of carbonyl (C=O) groups excluding carboxylic acids is 1. The molecule has 2 heterocycles. The normalized spacial score (nSPS) is 17.2. The molecule has 1 amide bonds. The third kappa shape index (κ3) is 5.29.